The Balaban J connectivity index is 1.81. The molecule has 0 saturated heterocycles. The van der Waals surface area contributed by atoms with Gasteiger partial charge in [-0.2, -0.15) is 0 Å². The molecular weight excluding hydrogens is 518 g/mol. The number of nitrogens with zero attached hydrogens (tertiary/aromatic N) is 3. The summed E-state index contributed by atoms with van der Waals surface area (Å²) >= 11 is 3.21. The summed E-state index contributed by atoms with van der Waals surface area (Å²) in [4.78, 5) is 24.2. The van der Waals surface area contributed by atoms with Crippen LogP contribution in [0.25, 0.3) is 0 Å². The van der Waals surface area contributed by atoms with Crippen LogP contribution in [0, 0.1) is 22.4 Å². The van der Waals surface area contributed by atoms with E-state index >= 15 is 0 Å². The van der Waals surface area contributed by atoms with Crippen molar-refractivity contribution in [1.82, 2.24) is 10.2 Å². The molecule has 1 atom stereocenters. The van der Waals surface area contributed by atoms with Gasteiger partial charge in [0.25, 0.3) is 11.6 Å². The molecule has 11 heteroatoms. The number of para-hydroxylation sites is 1. The molecule has 2 N–H and O–H groups in total. The van der Waals surface area contributed by atoms with E-state index < -0.39 is 16.5 Å². The summed E-state index contributed by atoms with van der Waals surface area (Å²) in [6, 6.07) is 12.5. The Bertz CT molecular complexity index is 1250. The first-order chi connectivity index (χ1) is 16.7. The molecule has 182 valence electrons. The first-order valence-corrected chi connectivity index (χ1v) is 11.6. The molecule has 0 aliphatic carbocycles. The van der Waals surface area contributed by atoms with Gasteiger partial charge in [-0.3, -0.25) is 20.3 Å². The number of rotatable bonds is 9. The van der Waals surface area contributed by atoms with Gasteiger partial charge in [-0.1, -0.05) is 19.4 Å². The van der Waals surface area contributed by atoms with Crippen LogP contribution >= 0.6 is 15.9 Å². The normalized spacial score (nSPS) is 11.4. The highest BCUT2D eigenvalue weighted by atomic mass is 79.9. The minimum absolute atomic E-state index is 0.0545. The molecule has 3 aromatic rings. The number of nitro groups is 1. The number of aromatic nitrogens is 2. The van der Waals surface area contributed by atoms with Crippen LogP contribution in [0.5, 0.6) is 11.6 Å². The Kier molecular flexibility index (Phi) is 8.48. The zero-order valence-electron chi connectivity index (χ0n) is 19.4. The number of nitrogens with one attached hydrogen (secondary N) is 2. The second-order valence-corrected chi connectivity index (χ2v) is 8.55. The minimum atomic E-state index is -0.681. The third kappa shape index (κ3) is 6.60. The SMILES string of the molecule is CCCC(C)OC(=N)c1cccc(C(=O)Nc2ccc(Oc3ccc(Br)nn3)c(C)c2)c1[N+](=O)[O-]. The maximum absolute atomic E-state index is 13.0. The van der Waals surface area contributed by atoms with Crippen LogP contribution in [0.4, 0.5) is 11.4 Å². The minimum Gasteiger partial charge on any atom is -0.474 e. The van der Waals surface area contributed by atoms with Gasteiger partial charge in [0.1, 0.15) is 21.5 Å². The summed E-state index contributed by atoms with van der Waals surface area (Å²) in [7, 11) is 0. The predicted molar refractivity (Wildman–Crippen MR) is 134 cm³/mol. The number of halogens is 1. The topological polar surface area (TPSA) is 140 Å². The molecular formula is C24H24BrN5O5. The fourth-order valence-electron chi connectivity index (χ4n) is 3.35. The number of hydrogen-bond acceptors (Lipinski definition) is 8. The molecule has 3 rings (SSSR count). The number of hydrogen-bond donors (Lipinski definition) is 2. The number of carbonyl (C=O) groups excluding carboxylic acids is 1. The molecule has 1 aromatic heterocycles. The Morgan fingerprint density at radius 2 is 1.94 bits per heavy atom. The van der Waals surface area contributed by atoms with E-state index in [0.717, 1.165) is 6.42 Å². The number of ether oxygens (including phenoxy) is 2. The van der Waals surface area contributed by atoms with Gasteiger partial charge in [0.05, 0.1) is 11.0 Å². The average molecular weight is 542 g/mol. The van der Waals surface area contributed by atoms with Gasteiger partial charge in [0.15, 0.2) is 0 Å². The number of anilines is 1. The lowest BCUT2D eigenvalue weighted by Crippen LogP contribution is -2.19. The van der Waals surface area contributed by atoms with E-state index in [0.29, 0.717) is 33.9 Å². The molecule has 1 heterocycles. The Morgan fingerprint density at radius 3 is 2.57 bits per heavy atom. The molecule has 0 aliphatic rings. The first-order valence-electron chi connectivity index (χ1n) is 10.8. The van der Waals surface area contributed by atoms with Gasteiger partial charge in [-0.15, -0.1) is 10.2 Å². The lowest BCUT2D eigenvalue weighted by molar-refractivity contribution is -0.385. The van der Waals surface area contributed by atoms with E-state index in [1.54, 1.807) is 44.2 Å². The van der Waals surface area contributed by atoms with Crippen molar-refractivity contribution in [3.8, 4) is 11.6 Å². The third-order valence-electron chi connectivity index (χ3n) is 4.98. The van der Waals surface area contributed by atoms with Crippen molar-refractivity contribution in [1.29, 1.82) is 5.41 Å². The highest BCUT2D eigenvalue weighted by Crippen LogP contribution is 2.29. The molecule has 1 unspecified atom stereocenters. The van der Waals surface area contributed by atoms with Crippen LogP contribution < -0.4 is 10.1 Å². The molecule has 35 heavy (non-hydrogen) atoms. The number of carbonyl (C=O) groups is 1. The Hall–Kier alpha value is -3.86. The van der Waals surface area contributed by atoms with Crippen molar-refractivity contribution in [3.63, 3.8) is 0 Å². The maximum atomic E-state index is 13.0. The Labute approximate surface area is 210 Å². The monoisotopic (exact) mass is 541 g/mol. The van der Waals surface area contributed by atoms with Gasteiger partial charge in [0.2, 0.25) is 11.8 Å². The largest absolute Gasteiger partial charge is 0.474 e. The summed E-state index contributed by atoms with van der Waals surface area (Å²) in [5.74, 6) is -0.210. The second-order valence-electron chi connectivity index (χ2n) is 7.74. The van der Waals surface area contributed by atoms with Crippen molar-refractivity contribution in [3.05, 3.63) is 79.9 Å². The predicted octanol–water partition coefficient (Wildman–Crippen LogP) is 6.03. The van der Waals surface area contributed by atoms with Crippen molar-refractivity contribution in [2.45, 2.75) is 39.7 Å². The molecule has 2 aromatic carbocycles. The number of nitro benzene ring substituents is 1. The van der Waals surface area contributed by atoms with Crippen molar-refractivity contribution >= 4 is 39.1 Å². The van der Waals surface area contributed by atoms with Gasteiger partial charge in [-0.05, 0) is 78.2 Å². The van der Waals surface area contributed by atoms with E-state index in [-0.39, 0.29) is 23.1 Å². The number of aryl methyl sites for hydroxylation is 1. The summed E-state index contributed by atoms with van der Waals surface area (Å²) in [6.45, 7) is 5.56. The fraction of sp³-hybridized carbons (Fsp3) is 0.250. The highest BCUT2D eigenvalue weighted by Gasteiger charge is 2.28. The first kappa shape index (κ1) is 25.8. The molecule has 0 bridgehead atoms. The average Bonchev–Trinajstić information content (AvgIpc) is 2.81. The molecule has 0 spiro atoms. The summed E-state index contributed by atoms with van der Waals surface area (Å²) in [5.41, 5.74) is 0.414. The van der Waals surface area contributed by atoms with Gasteiger partial charge < -0.3 is 14.8 Å². The summed E-state index contributed by atoms with van der Waals surface area (Å²) in [5, 5.41) is 30.5. The zero-order valence-corrected chi connectivity index (χ0v) is 21.0. The van der Waals surface area contributed by atoms with Crippen LogP contribution in [0.15, 0.2) is 53.1 Å². The summed E-state index contributed by atoms with van der Waals surface area (Å²) < 4.78 is 11.8. The highest BCUT2D eigenvalue weighted by molar-refractivity contribution is 9.10. The lowest BCUT2D eigenvalue weighted by Gasteiger charge is -2.15. The van der Waals surface area contributed by atoms with Crippen molar-refractivity contribution in [2.75, 3.05) is 5.32 Å². The maximum Gasteiger partial charge on any atom is 0.294 e. The molecule has 0 aliphatic heterocycles. The van der Waals surface area contributed by atoms with Gasteiger partial charge >= 0.3 is 0 Å². The van der Waals surface area contributed by atoms with E-state index in [1.807, 2.05) is 6.92 Å². The zero-order chi connectivity index (χ0) is 25.5. The summed E-state index contributed by atoms with van der Waals surface area (Å²) in [6.07, 6.45) is 1.26. The van der Waals surface area contributed by atoms with Crippen molar-refractivity contribution < 1.29 is 19.2 Å². The van der Waals surface area contributed by atoms with E-state index in [4.69, 9.17) is 14.9 Å². The standard InChI is InChI=1S/C24H24BrN5O5/c1-4-6-15(3)34-23(26)17-7-5-8-18(22(17)30(32)33)24(31)27-16-9-10-19(14(2)13-16)35-21-12-11-20(25)28-29-21/h5,7-13,15,26H,4,6H2,1-3H3,(H,27,31). The quantitative estimate of drug-likeness (QED) is 0.146. The number of benzene rings is 2. The third-order valence-corrected chi connectivity index (χ3v) is 5.40. The van der Waals surface area contributed by atoms with Crippen LogP contribution in [-0.4, -0.2) is 33.0 Å². The molecule has 0 saturated carbocycles. The van der Waals surface area contributed by atoms with Crippen molar-refractivity contribution in [2.24, 2.45) is 0 Å². The molecule has 0 radical (unpaired) electrons. The molecule has 10 nitrogen and oxygen atoms in total. The fourth-order valence-corrected chi connectivity index (χ4v) is 3.56. The number of amides is 1. The van der Waals surface area contributed by atoms with Gasteiger partial charge in [0, 0.05) is 11.8 Å². The second kappa shape index (κ2) is 11.5. The Morgan fingerprint density at radius 1 is 1.20 bits per heavy atom. The van der Waals surface area contributed by atoms with Crippen LogP contribution in [0.1, 0.15) is 48.2 Å². The van der Waals surface area contributed by atoms with Crippen LogP contribution in [-0.2, 0) is 4.74 Å². The lowest BCUT2D eigenvalue weighted by atomic mass is 10.1. The smallest absolute Gasteiger partial charge is 0.294 e. The van der Waals surface area contributed by atoms with E-state index in [2.05, 4.69) is 31.4 Å². The molecule has 1 amide bonds. The van der Waals surface area contributed by atoms with Crippen LogP contribution in [0.2, 0.25) is 0 Å². The van der Waals surface area contributed by atoms with Gasteiger partial charge in [-0.25, -0.2) is 0 Å². The van der Waals surface area contributed by atoms with Crippen LogP contribution in [0.3, 0.4) is 0 Å². The van der Waals surface area contributed by atoms with E-state index in [9.17, 15) is 14.9 Å². The van der Waals surface area contributed by atoms with E-state index in [1.165, 1.54) is 18.2 Å². The molecule has 0 fully saturated rings.